The smallest absolute Gasteiger partial charge is 0.308 e. The summed E-state index contributed by atoms with van der Waals surface area (Å²) in [5.74, 6) is 0. The summed E-state index contributed by atoms with van der Waals surface area (Å²) in [4.78, 5) is 12.3. The lowest BCUT2D eigenvalue weighted by atomic mass is 10.2. The molecule has 0 aliphatic heterocycles. The zero-order chi connectivity index (χ0) is 17.9. The Morgan fingerprint density at radius 2 is 2.00 bits per heavy atom. The average molecular weight is 384 g/mol. The minimum absolute atomic E-state index is 0.109. The number of nitrogens with one attached hydrogen (secondary N) is 2. The molecule has 1 aromatic heterocycles. The summed E-state index contributed by atoms with van der Waals surface area (Å²) in [7, 11) is -3.63. The first-order valence-corrected chi connectivity index (χ1v) is 11.2. The van der Waals surface area contributed by atoms with Crippen LogP contribution in [0.3, 0.4) is 0 Å². The Morgan fingerprint density at radius 1 is 1.24 bits per heavy atom. The number of sulfonamides is 1. The van der Waals surface area contributed by atoms with E-state index in [4.69, 9.17) is 0 Å². The highest BCUT2D eigenvalue weighted by Crippen LogP contribution is 2.25. The Bertz CT molecular complexity index is 880. The van der Waals surface area contributed by atoms with E-state index < -0.39 is 10.0 Å². The number of hydrogen-bond acceptors (Lipinski definition) is 5. The molecule has 8 heteroatoms. The lowest BCUT2D eigenvalue weighted by Gasteiger charge is -2.12. The van der Waals surface area contributed by atoms with Gasteiger partial charge in [-0.05, 0) is 31.4 Å². The van der Waals surface area contributed by atoms with Crippen LogP contribution in [0.25, 0.3) is 10.2 Å². The second-order valence-corrected chi connectivity index (χ2v) is 9.15. The fourth-order valence-electron chi connectivity index (χ4n) is 3.38. The van der Waals surface area contributed by atoms with Gasteiger partial charge in [-0.25, -0.2) is 13.1 Å². The third-order valence-electron chi connectivity index (χ3n) is 4.60. The van der Waals surface area contributed by atoms with Gasteiger partial charge in [-0.15, -0.1) is 0 Å². The molecule has 25 heavy (non-hydrogen) atoms. The molecule has 2 N–H and O–H groups in total. The van der Waals surface area contributed by atoms with E-state index in [1.165, 1.54) is 25.7 Å². The number of benzene rings is 1. The third kappa shape index (κ3) is 4.13. The molecule has 2 aromatic rings. The second kappa shape index (κ2) is 7.99. The first-order valence-electron chi connectivity index (χ1n) is 8.88. The standard InChI is InChI=1S/C17H25N3O3S2/c1-2-12-20-14-8-5-9-15(16(14)24-17(20)21)25(22,23)19-11-10-18-13-6-3-4-7-13/h5,8-9,13,18-19H,2-4,6-7,10-12H2,1H3. The molecule has 0 bridgehead atoms. The summed E-state index contributed by atoms with van der Waals surface area (Å²) >= 11 is 1.00. The van der Waals surface area contributed by atoms with Crippen molar-refractivity contribution < 1.29 is 8.42 Å². The van der Waals surface area contributed by atoms with Crippen LogP contribution < -0.4 is 14.9 Å². The Hall–Kier alpha value is -1.22. The van der Waals surface area contributed by atoms with E-state index in [-0.39, 0.29) is 9.77 Å². The topological polar surface area (TPSA) is 80.2 Å². The van der Waals surface area contributed by atoms with Crippen molar-refractivity contribution >= 4 is 31.6 Å². The Balaban J connectivity index is 1.75. The van der Waals surface area contributed by atoms with Crippen LogP contribution in [0.1, 0.15) is 39.0 Å². The summed E-state index contributed by atoms with van der Waals surface area (Å²) < 4.78 is 30.2. The minimum Gasteiger partial charge on any atom is -0.313 e. The van der Waals surface area contributed by atoms with Gasteiger partial charge in [0.25, 0.3) is 0 Å². The monoisotopic (exact) mass is 383 g/mol. The van der Waals surface area contributed by atoms with Gasteiger partial charge in [0.15, 0.2) is 0 Å². The molecule has 1 saturated carbocycles. The van der Waals surface area contributed by atoms with Gasteiger partial charge >= 0.3 is 4.87 Å². The second-order valence-electron chi connectivity index (χ2n) is 6.46. The maximum Gasteiger partial charge on any atom is 0.308 e. The van der Waals surface area contributed by atoms with E-state index in [1.807, 2.05) is 13.0 Å². The molecule has 3 rings (SSSR count). The predicted octanol–water partition coefficient (Wildman–Crippen LogP) is 2.28. The summed E-state index contributed by atoms with van der Waals surface area (Å²) in [6, 6.07) is 5.60. The molecule has 1 heterocycles. The van der Waals surface area contributed by atoms with Crippen LogP contribution in [-0.2, 0) is 16.6 Å². The van der Waals surface area contributed by atoms with Gasteiger partial charge in [0, 0.05) is 25.7 Å². The van der Waals surface area contributed by atoms with Crippen molar-refractivity contribution in [2.24, 2.45) is 0 Å². The zero-order valence-electron chi connectivity index (χ0n) is 14.5. The van der Waals surface area contributed by atoms with E-state index in [0.717, 1.165) is 17.8 Å². The van der Waals surface area contributed by atoms with Gasteiger partial charge < -0.3 is 5.32 Å². The SMILES string of the molecule is CCCn1c(=O)sc2c(S(=O)(=O)NCCNC3CCCC3)cccc21. The number of aryl methyl sites for hydroxylation is 1. The van der Waals surface area contributed by atoms with Crippen LogP contribution in [0.5, 0.6) is 0 Å². The molecule has 1 aromatic carbocycles. The van der Waals surface area contributed by atoms with Crippen LogP contribution >= 0.6 is 11.3 Å². The molecule has 0 radical (unpaired) electrons. The quantitative estimate of drug-likeness (QED) is 0.686. The van der Waals surface area contributed by atoms with Gasteiger partial charge in [-0.1, -0.05) is 37.2 Å². The van der Waals surface area contributed by atoms with Crippen molar-refractivity contribution in [2.45, 2.75) is 56.5 Å². The van der Waals surface area contributed by atoms with Crippen LogP contribution in [0.15, 0.2) is 27.9 Å². The molecule has 0 saturated heterocycles. The minimum atomic E-state index is -3.63. The number of aromatic nitrogens is 1. The molecule has 0 unspecified atom stereocenters. The highest BCUT2D eigenvalue weighted by atomic mass is 32.2. The molecular weight excluding hydrogens is 358 g/mol. The van der Waals surface area contributed by atoms with Gasteiger partial charge in [0.2, 0.25) is 10.0 Å². The van der Waals surface area contributed by atoms with Crippen molar-refractivity contribution in [1.82, 2.24) is 14.6 Å². The number of nitrogens with zero attached hydrogens (tertiary/aromatic N) is 1. The first-order chi connectivity index (χ1) is 12.0. The number of rotatable bonds is 8. The number of fused-ring (bicyclic) bond motifs is 1. The molecule has 6 nitrogen and oxygen atoms in total. The van der Waals surface area contributed by atoms with Gasteiger partial charge in [0.1, 0.15) is 4.90 Å². The number of thiazole rings is 1. The molecule has 0 amide bonds. The zero-order valence-corrected chi connectivity index (χ0v) is 16.1. The van der Waals surface area contributed by atoms with Crippen molar-refractivity contribution in [1.29, 1.82) is 0 Å². The average Bonchev–Trinajstić information content (AvgIpc) is 3.20. The van der Waals surface area contributed by atoms with Crippen molar-refractivity contribution in [3.63, 3.8) is 0 Å². The third-order valence-corrected chi connectivity index (χ3v) is 7.26. The van der Waals surface area contributed by atoms with E-state index in [0.29, 0.717) is 35.9 Å². The fourth-order valence-corrected chi connectivity index (χ4v) is 5.89. The lowest BCUT2D eigenvalue weighted by molar-refractivity contribution is 0.520. The van der Waals surface area contributed by atoms with Crippen LogP contribution in [-0.4, -0.2) is 32.1 Å². The lowest BCUT2D eigenvalue weighted by Crippen LogP contribution is -2.35. The van der Waals surface area contributed by atoms with Gasteiger partial charge in [-0.2, -0.15) is 0 Å². The summed E-state index contributed by atoms with van der Waals surface area (Å²) in [6.07, 6.45) is 5.67. The van der Waals surface area contributed by atoms with Crippen molar-refractivity contribution in [2.75, 3.05) is 13.1 Å². The Morgan fingerprint density at radius 3 is 2.72 bits per heavy atom. The normalized spacial score (nSPS) is 16.0. The summed E-state index contributed by atoms with van der Waals surface area (Å²) in [5.41, 5.74) is 0.698. The van der Waals surface area contributed by atoms with Gasteiger partial charge in [-0.3, -0.25) is 9.36 Å². The highest BCUT2D eigenvalue weighted by Gasteiger charge is 2.21. The number of hydrogen-bond donors (Lipinski definition) is 2. The van der Waals surface area contributed by atoms with Crippen molar-refractivity contribution in [3.05, 3.63) is 27.9 Å². The van der Waals surface area contributed by atoms with Crippen LogP contribution in [0, 0.1) is 0 Å². The van der Waals surface area contributed by atoms with E-state index in [9.17, 15) is 13.2 Å². The van der Waals surface area contributed by atoms with Gasteiger partial charge in [0.05, 0.1) is 10.2 Å². The van der Waals surface area contributed by atoms with E-state index in [1.54, 1.807) is 16.7 Å². The Labute approximate surface area is 152 Å². The Kier molecular flexibility index (Phi) is 5.93. The fraction of sp³-hybridized carbons (Fsp3) is 0.588. The molecular formula is C17H25N3O3S2. The van der Waals surface area contributed by atoms with Crippen LogP contribution in [0.4, 0.5) is 0 Å². The molecule has 0 atom stereocenters. The molecule has 138 valence electrons. The first kappa shape index (κ1) is 18.6. The van der Waals surface area contributed by atoms with E-state index in [2.05, 4.69) is 10.0 Å². The summed E-state index contributed by atoms with van der Waals surface area (Å²) in [6.45, 7) is 3.56. The predicted molar refractivity (Wildman–Crippen MR) is 102 cm³/mol. The molecule has 1 aliphatic carbocycles. The van der Waals surface area contributed by atoms with E-state index >= 15 is 0 Å². The van der Waals surface area contributed by atoms with Crippen molar-refractivity contribution in [3.8, 4) is 0 Å². The van der Waals surface area contributed by atoms with Crippen LogP contribution in [0.2, 0.25) is 0 Å². The molecule has 1 aliphatic rings. The maximum atomic E-state index is 12.7. The molecule has 1 fully saturated rings. The largest absolute Gasteiger partial charge is 0.313 e. The highest BCUT2D eigenvalue weighted by molar-refractivity contribution is 7.90. The maximum absolute atomic E-state index is 12.7. The summed E-state index contributed by atoms with van der Waals surface area (Å²) in [5, 5.41) is 3.39. The molecule has 0 spiro atoms.